The fourth-order valence-corrected chi connectivity index (χ4v) is 5.55. The van der Waals surface area contributed by atoms with E-state index in [2.05, 4.69) is 35.3 Å². The van der Waals surface area contributed by atoms with Gasteiger partial charge < -0.3 is 4.74 Å². The van der Waals surface area contributed by atoms with E-state index in [1.165, 1.54) is 32.1 Å². The van der Waals surface area contributed by atoms with Crippen LogP contribution in [0, 0.1) is 5.41 Å². The van der Waals surface area contributed by atoms with Gasteiger partial charge in [-0.1, -0.05) is 35.9 Å². The molecule has 2 fully saturated rings. The first-order valence-electron chi connectivity index (χ1n) is 7.88. The van der Waals surface area contributed by atoms with Gasteiger partial charge in [-0.2, -0.15) is 0 Å². The van der Waals surface area contributed by atoms with Gasteiger partial charge in [-0.3, -0.25) is 4.90 Å². The Morgan fingerprint density at radius 3 is 2.76 bits per heavy atom. The van der Waals surface area contributed by atoms with Gasteiger partial charge in [-0.15, -0.1) is 10.2 Å². The van der Waals surface area contributed by atoms with E-state index in [1.54, 1.807) is 23.1 Å². The first-order chi connectivity index (χ1) is 10.2. The van der Waals surface area contributed by atoms with Gasteiger partial charge in [0.25, 0.3) is 0 Å². The van der Waals surface area contributed by atoms with E-state index < -0.39 is 0 Å². The molecule has 3 rings (SSSR count). The molecule has 1 aromatic heterocycles. The second kappa shape index (κ2) is 6.52. The van der Waals surface area contributed by atoms with Gasteiger partial charge in [-0.05, 0) is 39.5 Å². The summed E-state index contributed by atoms with van der Waals surface area (Å²) in [6.07, 6.45) is 9.11. The molecular formula is C15H25N3OS2. The molecule has 0 N–H and O–H groups in total. The number of nitrogens with zero attached hydrogens (tertiary/aromatic N) is 3. The lowest BCUT2D eigenvalue weighted by molar-refractivity contribution is -0.162. The van der Waals surface area contributed by atoms with Crippen LogP contribution in [0.25, 0.3) is 0 Å². The lowest BCUT2D eigenvalue weighted by Gasteiger charge is -2.57. The van der Waals surface area contributed by atoms with Crippen molar-refractivity contribution in [3.8, 4) is 0 Å². The summed E-state index contributed by atoms with van der Waals surface area (Å²) in [7, 11) is 2.24. The Labute approximate surface area is 135 Å². The third kappa shape index (κ3) is 2.87. The molecule has 1 heterocycles. The van der Waals surface area contributed by atoms with E-state index in [9.17, 15) is 0 Å². The number of aromatic nitrogens is 2. The highest BCUT2D eigenvalue weighted by Crippen LogP contribution is 2.56. The number of ether oxygens (including phenoxy) is 1. The van der Waals surface area contributed by atoms with Crippen molar-refractivity contribution in [3.05, 3.63) is 5.01 Å². The number of hydrogen-bond donors (Lipinski definition) is 0. The quantitative estimate of drug-likeness (QED) is 0.748. The Morgan fingerprint density at radius 2 is 2.14 bits per heavy atom. The summed E-state index contributed by atoms with van der Waals surface area (Å²) in [6, 6.07) is 0.651. The first-order valence-corrected chi connectivity index (χ1v) is 9.92. The Hall–Kier alpha value is -0.170. The van der Waals surface area contributed by atoms with E-state index >= 15 is 0 Å². The zero-order valence-corrected chi connectivity index (χ0v) is 14.8. The highest BCUT2D eigenvalue weighted by atomic mass is 32.2. The zero-order valence-electron chi connectivity index (χ0n) is 13.2. The molecule has 0 aromatic carbocycles. The second-order valence-corrected chi connectivity index (χ2v) is 8.33. The first kappa shape index (κ1) is 15.7. The Morgan fingerprint density at radius 1 is 1.38 bits per heavy atom. The molecule has 2 aliphatic rings. The molecule has 0 amide bonds. The van der Waals surface area contributed by atoms with Crippen molar-refractivity contribution in [1.82, 2.24) is 15.1 Å². The Kier molecular flexibility index (Phi) is 4.88. The summed E-state index contributed by atoms with van der Waals surface area (Å²) in [5, 5.41) is 9.65. The average molecular weight is 328 g/mol. The maximum Gasteiger partial charge on any atom is 0.174 e. The van der Waals surface area contributed by atoms with Gasteiger partial charge in [0, 0.05) is 18.1 Å². The maximum atomic E-state index is 6.01. The topological polar surface area (TPSA) is 38.2 Å². The minimum absolute atomic E-state index is 0.414. The number of thioether (sulfide) groups is 1. The highest BCUT2D eigenvalue weighted by molar-refractivity contribution is 8.00. The third-order valence-corrected chi connectivity index (χ3v) is 7.07. The van der Waals surface area contributed by atoms with E-state index in [0.29, 0.717) is 17.6 Å². The molecule has 4 nitrogen and oxygen atoms in total. The maximum absolute atomic E-state index is 6.01. The number of rotatable bonds is 6. The monoisotopic (exact) mass is 327 g/mol. The van der Waals surface area contributed by atoms with Crippen molar-refractivity contribution in [3.63, 3.8) is 0 Å². The van der Waals surface area contributed by atoms with E-state index in [4.69, 9.17) is 4.74 Å². The van der Waals surface area contributed by atoms with Crippen LogP contribution < -0.4 is 0 Å². The molecule has 2 atom stereocenters. The SMILES string of the molecule is CCO[C@@H]1C[C@@H](N(C)Cc2nnc(SC)s2)C12CCCC2. The molecule has 118 valence electrons. The molecule has 0 bridgehead atoms. The summed E-state index contributed by atoms with van der Waals surface area (Å²) < 4.78 is 7.08. The molecule has 21 heavy (non-hydrogen) atoms. The predicted molar refractivity (Wildman–Crippen MR) is 87.9 cm³/mol. The van der Waals surface area contributed by atoms with Gasteiger partial charge in [-0.25, -0.2) is 0 Å². The molecule has 0 unspecified atom stereocenters. The minimum atomic E-state index is 0.414. The summed E-state index contributed by atoms with van der Waals surface area (Å²) in [5.74, 6) is 0. The van der Waals surface area contributed by atoms with Crippen LogP contribution in [0.1, 0.15) is 44.0 Å². The molecular weight excluding hydrogens is 302 g/mol. The van der Waals surface area contributed by atoms with Crippen LogP contribution in [-0.2, 0) is 11.3 Å². The standard InChI is InChI=1S/C15H25N3OS2/c1-4-19-12-9-11(15(12)7-5-6-8-15)18(2)10-13-16-17-14(20-3)21-13/h11-12H,4-10H2,1-3H3/t11-,12-/m1/s1. The van der Waals surface area contributed by atoms with E-state index in [0.717, 1.165) is 22.5 Å². The fraction of sp³-hybridized carbons (Fsp3) is 0.867. The smallest absolute Gasteiger partial charge is 0.174 e. The van der Waals surface area contributed by atoms with Crippen molar-refractivity contribution in [2.45, 2.75) is 62.1 Å². The molecule has 6 heteroatoms. The van der Waals surface area contributed by atoms with Crippen molar-refractivity contribution >= 4 is 23.1 Å². The van der Waals surface area contributed by atoms with Crippen LogP contribution in [0.2, 0.25) is 0 Å². The Bertz CT molecular complexity index is 473. The molecule has 1 aromatic rings. The van der Waals surface area contributed by atoms with Crippen LogP contribution in [0.3, 0.4) is 0 Å². The number of hydrogen-bond acceptors (Lipinski definition) is 6. The zero-order chi connectivity index (χ0) is 14.9. The summed E-state index contributed by atoms with van der Waals surface area (Å²) in [5.41, 5.74) is 0.414. The van der Waals surface area contributed by atoms with Crippen molar-refractivity contribution in [1.29, 1.82) is 0 Å². The third-order valence-electron chi connectivity index (χ3n) is 5.18. The summed E-state index contributed by atoms with van der Waals surface area (Å²) in [4.78, 5) is 2.49. The lowest BCUT2D eigenvalue weighted by atomic mass is 9.60. The van der Waals surface area contributed by atoms with Crippen LogP contribution in [0.5, 0.6) is 0 Å². The molecule has 0 aliphatic heterocycles. The van der Waals surface area contributed by atoms with Gasteiger partial charge in [0.2, 0.25) is 0 Å². The van der Waals surface area contributed by atoms with Gasteiger partial charge >= 0.3 is 0 Å². The van der Waals surface area contributed by atoms with Crippen molar-refractivity contribution in [2.75, 3.05) is 19.9 Å². The lowest BCUT2D eigenvalue weighted by Crippen LogP contribution is -2.62. The molecule has 0 saturated heterocycles. The fourth-order valence-electron chi connectivity index (χ4n) is 4.18. The normalized spacial score (nSPS) is 27.4. The molecule has 0 radical (unpaired) electrons. The van der Waals surface area contributed by atoms with Gasteiger partial charge in [0.1, 0.15) is 5.01 Å². The predicted octanol–water partition coefficient (Wildman–Crippen LogP) is 3.43. The van der Waals surface area contributed by atoms with Crippen molar-refractivity contribution < 1.29 is 4.74 Å². The Balaban J connectivity index is 1.65. The van der Waals surface area contributed by atoms with Crippen LogP contribution >= 0.6 is 23.1 Å². The van der Waals surface area contributed by atoms with Crippen LogP contribution in [0.15, 0.2) is 4.34 Å². The molecule has 1 spiro atoms. The molecule has 2 saturated carbocycles. The summed E-state index contributed by atoms with van der Waals surface area (Å²) in [6.45, 7) is 3.88. The van der Waals surface area contributed by atoms with Crippen LogP contribution in [-0.4, -0.2) is 47.2 Å². The van der Waals surface area contributed by atoms with Crippen LogP contribution in [0.4, 0.5) is 0 Å². The van der Waals surface area contributed by atoms with Crippen molar-refractivity contribution in [2.24, 2.45) is 5.41 Å². The van der Waals surface area contributed by atoms with Gasteiger partial charge in [0.15, 0.2) is 4.34 Å². The largest absolute Gasteiger partial charge is 0.378 e. The van der Waals surface area contributed by atoms with Gasteiger partial charge in [0.05, 0.1) is 12.6 Å². The van der Waals surface area contributed by atoms with E-state index in [-0.39, 0.29) is 0 Å². The molecule has 2 aliphatic carbocycles. The van der Waals surface area contributed by atoms with E-state index in [1.807, 2.05) is 0 Å². The highest BCUT2D eigenvalue weighted by Gasteiger charge is 2.57. The second-order valence-electron chi connectivity index (χ2n) is 6.22. The minimum Gasteiger partial charge on any atom is -0.378 e. The average Bonchev–Trinajstić information content (AvgIpc) is 3.12. The summed E-state index contributed by atoms with van der Waals surface area (Å²) >= 11 is 3.40.